The van der Waals surface area contributed by atoms with E-state index in [0.717, 1.165) is 6.07 Å². The molecule has 122 valence electrons. The van der Waals surface area contributed by atoms with E-state index in [-0.39, 0.29) is 11.3 Å². The van der Waals surface area contributed by atoms with Crippen molar-refractivity contribution in [3.63, 3.8) is 0 Å². The Hall–Kier alpha value is -0.970. The lowest BCUT2D eigenvalue weighted by atomic mass is 10.1. The summed E-state index contributed by atoms with van der Waals surface area (Å²) in [4.78, 5) is 21.7. The van der Waals surface area contributed by atoms with E-state index < -0.39 is 38.0 Å². The monoisotopic (exact) mass is 390 g/mol. The summed E-state index contributed by atoms with van der Waals surface area (Å²) in [6.45, 7) is -1.40. The minimum absolute atomic E-state index is 0.0294. The second kappa shape index (κ2) is 7.53. The Bertz CT molecular complexity index is 673. The molecule has 1 aromatic carbocycles. The van der Waals surface area contributed by atoms with Crippen LogP contribution in [0.3, 0.4) is 0 Å². The van der Waals surface area contributed by atoms with E-state index >= 15 is 0 Å². The van der Waals surface area contributed by atoms with Crippen LogP contribution >= 0.6 is 34.8 Å². The second-order valence-electron chi connectivity index (χ2n) is 3.88. The van der Waals surface area contributed by atoms with Gasteiger partial charge < -0.3 is 0 Å². The molecule has 12 heteroatoms. The largest absolute Gasteiger partial charge is 0.336 e. The van der Waals surface area contributed by atoms with Crippen LogP contribution in [0.15, 0.2) is 24.3 Å². The minimum Gasteiger partial charge on any atom is -0.293 e. The van der Waals surface area contributed by atoms with Crippen LogP contribution in [0.25, 0.3) is 0 Å². The van der Waals surface area contributed by atoms with E-state index in [4.69, 9.17) is 34.8 Å². The summed E-state index contributed by atoms with van der Waals surface area (Å²) >= 11 is 16.0. The number of ketones is 1. The number of hydrogen-bond acceptors (Lipinski definition) is 6. The number of hydrogen-bond donors (Lipinski definition) is 1. The van der Waals surface area contributed by atoms with Gasteiger partial charge in [0.05, 0.1) is 11.5 Å². The number of rotatable bonds is 7. The molecule has 22 heavy (non-hydrogen) atoms. The van der Waals surface area contributed by atoms with Gasteiger partial charge in [-0.15, -0.1) is 0 Å². The topological polar surface area (TPSA) is 116 Å². The van der Waals surface area contributed by atoms with E-state index in [1.807, 2.05) is 4.72 Å². The normalized spacial score (nSPS) is 12.1. The first kappa shape index (κ1) is 19.1. The highest BCUT2D eigenvalue weighted by Crippen LogP contribution is 2.26. The van der Waals surface area contributed by atoms with Gasteiger partial charge in [-0.3, -0.25) is 19.1 Å². The van der Waals surface area contributed by atoms with Gasteiger partial charge in [-0.1, -0.05) is 46.9 Å². The quantitative estimate of drug-likeness (QED) is 0.329. The van der Waals surface area contributed by atoms with Crippen molar-refractivity contribution in [3.8, 4) is 0 Å². The fraction of sp³-hybridized carbons (Fsp3) is 0.300. The molecule has 0 unspecified atom stereocenters. The molecule has 0 fully saturated rings. The lowest BCUT2D eigenvalue weighted by molar-refractivity contribution is -0.384. The molecule has 0 radical (unpaired) electrons. The third-order valence-corrected chi connectivity index (χ3v) is 3.42. The first-order valence-electron chi connectivity index (χ1n) is 5.48. The molecule has 0 saturated carbocycles. The molecule has 0 saturated heterocycles. The number of alkyl halides is 3. The van der Waals surface area contributed by atoms with Crippen LogP contribution in [0.2, 0.25) is 0 Å². The Morgan fingerprint density at radius 2 is 2.00 bits per heavy atom. The van der Waals surface area contributed by atoms with Gasteiger partial charge in [0, 0.05) is 17.7 Å². The number of carbonyl (C=O) groups is 1. The fourth-order valence-electron chi connectivity index (χ4n) is 1.23. The number of nitrogens with one attached hydrogen (secondary N) is 1. The Morgan fingerprint density at radius 1 is 1.36 bits per heavy atom. The second-order valence-corrected chi connectivity index (χ2v) is 7.83. The fourth-order valence-corrected chi connectivity index (χ4v) is 2.32. The molecule has 0 heterocycles. The van der Waals surface area contributed by atoms with Crippen LogP contribution in [0.5, 0.6) is 0 Å². The number of nitro benzene ring substituents is 1. The summed E-state index contributed by atoms with van der Waals surface area (Å²) < 4.78 is 27.1. The zero-order valence-corrected chi connectivity index (χ0v) is 13.7. The number of nitrogens with zero attached hydrogens (tertiary/aromatic N) is 1. The number of benzene rings is 1. The smallest absolute Gasteiger partial charge is 0.293 e. The Labute approximate surface area is 140 Å². The van der Waals surface area contributed by atoms with E-state index in [1.165, 1.54) is 18.2 Å². The maximum absolute atomic E-state index is 11.8. The Balaban J connectivity index is 2.66. The summed E-state index contributed by atoms with van der Waals surface area (Å²) in [7, 11) is -4.30. The predicted molar refractivity (Wildman–Crippen MR) is 80.6 cm³/mol. The minimum atomic E-state index is -4.30. The van der Waals surface area contributed by atoms with Crippen LogP contribution in [-0.4, -0.2) is 36.1 Å². The molecular weight excluding hydrogens is 383 g/mol. The van der Waals surface area contributed by atoms with Crippen molar-refractivity contribution in [2.24, 2.45) is 0 Å². The van der Waals surface area contributed by atoms with Crippen LogP contribution in [-0.2, 0) is 14.5 Å². The summed E-state index contributed by atoms with van der Waals surface area (Å²) in [6.07, 6.45) is 0. The van der Waals surface area contributed by atoms with Gasteiger partial charge in [-0.2, -0.15) is 13.1 Å². The van der Waals surface area contributed by atoms with Crippen molar-refractivity contribution in [1.29, 1.82) is 0 Å². The first-order valence-corrected chi connectivity index (χ1v) is 8.03. The van der Waals surface area contributed by atoms with E-state index in [0.29, 0.717) is 0 Å². The van der Waals surface area contributed by atoms with E-state index in [9.17, 15) is 23.3 Å². The van der Waals surface area contributed by atoms with Gasteiger partial charge in [-0.05, 0) is 0 Å². The van der Waals surface area contributed by atoms with Crippen LogP contribution in [0.4, 0.5) is 5.69 Å². The average Bonchev–Trinajstić information content (AvgIpc) is 2.42. The van der Waals surface area contributed by atoms with Gasteiger partial charge in [0.25, 0.3) is 5.69 Å². The van der Waals surface area contributed by atoms with Crippen LogP contribution < -0.4 is 4.72 Å². The van der Waals surface area contributed by atoms with Crippen molar-refractivity contribution in [3.05, 3.63) is 39.9 Å². The zero-order valence-electron chi connectivity index (χ0n) is 10.7. The molecular formula is C10H9Cl3N2O6S. The van der Waals surface area contributed by atoms with E-state index in [1.54, 1.807) is 0 Å². The molecule has 1 rings (SSSR count). The maximum atomic E-state index is 11.8. The molecule has 1 aromatic rings. The zero-order chi connectivity index (χ0) is 17.0. The molecule has 0 aliphatic heterocycles. The third kappa shape index (κ3) is 6.86. The number of carbonyl (C=O) groups excluding carboxylic acids is 1. The number of halogens is 3. The van der Waals surface area contributed by atoms with Gasteiger partial charge in [0.2, 0.25) is 3.79 Å². The maximum Gasteiger partial charge on any atom is 0.336 e. The molecule has 0 atom stereocenters. The molecule has 1 N–H and O–H groups in total. The summed E-state index contributed by atoms with van der Waals surface area (Å²) in [6, 6.07) is 4.84. The summed E-state index contributed by atoms with van der Waals surface area (Å²) in [5.41, 5.74) is -0.320. The highest BCUT2D eigenvalue weighted by molar-refractivity contribution is 7.84. The van der Waals surface area contributed by atoms with Gasteiger partial charge in [-0.25, -0.2) is 0 Å². The molecule has 8 nitrogen and oxygen atoms in total. The number of Topliss-reactive ketones (excluding diaryl/α,β-unsaturated/α-hetero) is 1. The Morgan fingerprint density at radius 3 is 2.55 bits per heavy atom. The first-order chi connectivity index (χ1) is 10.0. The number of non-ortho nitro benzene ring substituents is 1. The highest BCUT2D eigenvalue weighted by atomic mass is 35.6. The van der Waals surface area contributed by atoms with Crippen molar-refractivity contribution in [2.75, 3.05) is 13.2 Å². The summed E-state index contributed by atoms with van der Waals surface area (Å²) in [5.74, 6) is -0.690. The summed E-state index contributed by atoms with van der Waals surface area (Å²) in [5, 5.41) is 10.6. The lowest BCUT2D eigenvalue weighted by Gasteiger charge is -2.11. The van der Waals surface area contributed by atoms with Crippen LogP contribution in [0, 0.1) is 10.1 Å². The van der Waals surface area contributed by atoms with E-state index in [2.05, 4.69) is 4.18 Å². The standard InChI is InChI=1S/C10H9Cl3N2O6S/c11-10(12,13)6-21-22(19,20)14-5-9(16)7-2-1-3-8(4-7)15(17)18/h1-4,14H,5-6H2. The molecule has 0 spiro atoms. The van der Waals surface area contributed by atoms with Crippen LogP contribution in [0.1, 0.15) is 10.4 Å². The van der Waals surface area contributed by atoms with Crippen molar-refractivity contribution in [2.45, 2.75) is 3.79 Å². The predicted octanol–water partition coefficient (Wildman–Crippen LogP) is 2.00. The molecule has 0 amide bonds. The van der Waals surface area contributed by atoms with Gasteiger partial charge in [0.1, 0.15) is 6.61 Å². The highest BCUT2D eigenvalue weighted by Gasteiger charge is 2.24. The lowest BCUT2D eigenvalue weighted by Crippen LogP contribution is -2.33. The molecule has 0 aromatic heterocycles. The van der Waals surface area contributed by atoms with Crippen molar-refractivity contribution < 1.29 is 22.3 Å². The SMILES string of the molecule is O=C(CNS(=O)(=O)OCC(Cl)(Cl)Cl)c1cccc([N+](=O)[O-])c1. The Kier molecular flexibility index (Phi) is 6.53. The molecule has 0 aliphatic rings. The van der Waals surface area contributed by atoms with Crippen molar-refractivity contribution in [1.82, 2.24) is 4.72 Å². The van der Waals surface area contributed by atoms with Gasteiger partial charge in [0.15, 0.2) is 5.78 Å². The molecule has 0 bridgehead atoms. The van der Waals surface area contributed by atoms with Gasteiger partial charge >= 0.3 is 10.3 Å². The molecule has 0 aliphatic carbocycles. The third-order valence-electron chi connectivity index (χ3n) is 2.17. The van der Waals surface area contributed by atoms with Crippen molar-refractivity contribution >= 4 is 56.6 Å². The number of nitro groups is 1. The average molecular weight is 392 g/mol.